The quantitative estimate of drug-likeness (QED) is 0.130. The van der Waals surface area contributed by atoms with Gasteiger partial charge in [-0.15, -0.1) is 0 Å². The second kappa shape index (κ2) is 20.6. The Hall–Kier alpha value is 1.15. The molecule has 16 atom stereocenters. The SMILES string of the molecule is NC1CC2C(CC1S(=O)(=O)[O-])CC(S(=O)(=O)[O-])C(N=NC1CCC(N=NC3CCC4C(CCCC4S(=O)(=O)[O-])C3)C3CCC(S(=O)(=O)[O-])CC13)C2O.[Li+].[Li+].[Li+].[Li+]. The third-order valence-corrected chi connectivity index (χ3v) is 18.4. The fraction of sp³-hybridized carbons (Fsp3) is 1.00. The van der Waals surface area contributed by atoms with Gasteiger partial charge in [-0.3, -0.25) is 0 Å². The summed E-state index contributed by atoms with van der Waals surface area (Å²) in [5, 5.41) is 24.1. The Morgan fingerprint density at radius 2 is 1.04 bits per heavy atom. The van der Waals surface area contributed by atoms with Gasteiger partial charge in [-0.2, -0.15) is 20.5 Å². The fourth-order valence-electron chi connectivity index (χ4n) is 10.8. The molecule has 0 saturated heterocycles. The van der Waals surface area contributed by atoms with Crippen LogP contribution in [0.3, 0.4) is 0 Å². The minimum absolute atomic E-state index is 0. The van der Waals surface area contributed by atoms with Gasteiger partial charge in [0, 0.05) is 11.3 Å². The summed E-state index contributed by atoms with van der Waals surface area (Å²) in [4.78, 5) is 0. The van der Waals surface area contributed by atoms with Crippen molar-refractivity contribution in [1.29, 1.82) is 0 Å². The second-order valence-electron chi connectivity index (χ2n) is 16.1. The first-order valence-electron chi connectivity index (χ1n) is 18.1. The second-order valence-corrected chi connectivity index (χ2v) is 22.5. The molecule has 16 unspecified atom stereocenters. The van der Waals surface area contributed by atoms with Crippen LogP contribution in [0, 0.1) is 35.5 Å². The van der Waals surface area contributed by atoms with Crippen LogP contribution in [-0.4, -0.2) is 114 Å². The topological polar surface area (TPSA) is 324 Å². The first-order chi connectivity index (χ1) is 24.1. The zero-order chi connectivity index (χ0) is 38.0. The van der Waals surface area contributed by atoms with Gasteiger partial charge in [0.15, 0.2) is 0 Å². The van der Waals surface area contributed by atoms with Crippen molar-refractivity contribution in [3.8, 4) is 0 Å². The Bertz CT molecular complexity index is 1850. The number of fused-ring (bicyclic) bond motifs is 3. The molecule has 6 rings (SSSR count). The molecule has 6 saturated carbocycles. The van der Waals surface area contributed by atoms with E-state index < -0.39 is 103 Å². The molecule has 0 amide bonds. The van der Waals surface area contributed by atoms with Crippen molar-refractivity contribution < 1.29 is 132 Å². The van der Waals surface area contributed by atoms with Crippen LogP contribution in [0.2, 0.25) is 0 Å². The van der Waals surface area contributed by atoms with Crippen molar-refractivity contribution in [2.24, 2.45) is 61.7 Å². The van der Waals surface area contributed by atoms with Gasteiger partial charge < -0.3 is 29.1 Å². The monoisotopic (exact) mass is 841 g/mol. The van der Waals surface area contributed by atoms with Crippen LogP contribution < -0.4 is 81.2 Å². The van der Waals surface area contributed by atoms with Gasteiger partial charge in [0.2, 0.25) is 0 Å². The molecule has 18 nitrogen and oxygen atoms in total. The zero-order valence-corrected chi connectivity index (χ0v) is 35.7. The van der Waals surface area contributed by atoms with E-state index in [0.29, 0.717) is 51.4 Å². The molecule has 26 heteroatoms. The molecule has 6 aliphatic rings. The molecule has 0 aliphatic heterocycles. The number of hydrogen-bond acceptors (Lipinski definition) is 18. The predicted octanol–water partition coefficient (Wildman–Crippen LogP) is -11.0. The van der Waals surface area contributed by atoms with Gasteiger partial charge in [0.05, 0.1) is 80.5 Å². The third-order valence-electron chi connectivity index (χ3n) is 13.3. The van der Waals surface area contributed by atoms with Gasteiger partial charge >= 0.3 is 75.4 Å². The summed E-state index contributed by atoms with van der Waals surface area (Å²) < 4.78 is 145. The van der Waals surface area contributed by atoms with Crippen LogP contribution in [0.25, 0.3) is 0 Å². The number of aliphatic hydroxyl groups is 1. The normalized spacial score (nSPS) is 42.0. The summed E-state index contributed by atoms with van der Waals surface area (Å²) in [6.07, 6.45) is 2.48. The first kappa shape index (κ1) is 53.3. The van der Waals surface area contributed by atoms with E-state index in [0.717, 1.165) is 6.42 Å². The maximum absolute atomic E-state index is 12.4. The Kier molecular flexibility index (Phi) is 19.6. The Morgan fingerprint density at radius 3 is 1.62 bits per heavy atom. The number of nitrogens with zero attached hydrogens (tertiary/aromatic N) is 4. The van der Waals surface area contributed by atoms with E-state index in [1.165, 1.54) is 0 Å². The predicted molar refractivity (Wildman–Crippen MR) is 178 cm³/mol. The Morgan fingerprint density at radius 1 is 0.482 bits per heavy atom. The van der Waals surface area contributed by atoms with Crippen LogP contribution in [0.15, 0.2) is 20.5 Å². The van der Waals surface area contributed by atoms with Crippen molar-refractivity contribution in [3.63, 3.8) is 0 Å². The zero-order valence-electron chi connectivity index (χ0n) is 32.5. The third kappa shape index (κ3) is 12.0. The van der Waals surface area contributed by atoms with E-state index in [4.69, 9.17) is 10.8 Å². The van der Waals surface area contributed by atoms with Crippen LogP contribution >= 0.6 is 0 Å². The first-order valence-corrected chi connectivity index (χ1v) is 24.0. The molecule has 6 fully saturated rings. The maximum Gasteiger partial charge on any atom is 1.00 e. The smallest absolute Gasteiger partial charge is 0.748 e. The molecule has 0 spiro atoms. The molecule has 3 N–H and O–H groups in total. The average molecular weight is 842 g/mol. The Labute approximate surface area is 378 Å². The van der Waals surface area contributed by atoms with Crippen LogP contribution in [0.1, 0.15) is 89.9 Å². The van der Waals surface area contributed by atoms with Crippen LogP contribution in [-0.2, 0) is 40.5 Å². The molecule has 0 bridgehead atoms. The van der Waals surface area contributed by atoms with Crippen molar-refractivity contribution in [3.05, 3.63) is 0 Å². The number of aliphatic hydroxyl groups excluding tert-OH is 1. The average Bonchev–Trinajstić information content (AvgIpc) is 3.04. The molecule has 0 heterocycles. The van der Waals surface area contributed by atoms with Gasteiger partial charge in [-0.25, -0.2) is 33.7 Å². The molecule has 298 valence electrons. The summed E-state index contributed by atoms with van der Waals surface area (Å²) in [5.74, 6) is -2.43. The van der Waals surface area contributed by atoms with Crippen molar-refractivity contribution in [2.45, 2.75) is 147 Å². The van der Waals surface area contributed by atoms with E-state index in [-0.39, 0.29) is 137 Å². The summed E-state index contributed by atoms with van der Waals surface area (Å²) in [6.45, 7) is 0. The molecule has 6 aliphatic carbocycles. The molecule has 56 heavy (non-hydrogen) atoms. The number of azo groups is 2. The minimum atomic E-state index is -5.09. The van der Waals surface area contributed by atoms with E-state index in [9.17, 15) is 57.0 Å². The molecule has 0 aromatic heterocycles. The molecule has 0 aromatic rings. The largest absolute Gasteiger partial charge is 1.00 e. The van der Waals surface area contributed by atoms with Crippen molar-refractivity contribution >= 4 is 40.5 Å². The summed E-state index contributed by atoms with van der Waals surface area (Å²) >= 11 is 0. The van der Waals surface area contributed by atoms with Gasteiger partial charge in [-0.05, 0) is 113 Å². The maximum atomic E-state index is 12.4. The van der Waals surface area contributed by atoms with Gasteiger partial charge in [0.25, 0.3) is 0 Å². The van der Waals surface area contributed by atoms with E-state index in [1.54, 1.807) is 0 Å². The Balaban J connectivity index is 0.00000271. The molecule has 0 aromatic carbocycles. The van der Waals surface area contributed by atoms with Crippen molar-refractivity contribution in [2.75, 3.05) is 0 Å². The number of rotatable bonds is 8. The van der Waals surface area contributed by atoms with E-state index in [1.807, 2.05) is 0 Å². The number of nitrogens with two attached hydrogens (primary N) is 1. The van der Waals surface area contributed by atoms with Crippen molar-refractivity contribution in [1.82, 2.24) is 0 Å². The van der Waals surface area contributed by atoms with Crippen LogP contribution in [0.5, 0.6) is 0 Å². The minimum Gasteiger partial charge on any atom is -0.748 e. The van der Waals surface area contributed by atoms with Gasteiger partial charge in [0.1, 0.15) is 6.04 Å². The summed E-state index contributed by atoms with van der Waals surface area (Å²) in [5.41, 5.74) is 6.00. The molecular formula is C30H47Li4N5O13S4. The number of hydrogen-bond donors (Lipinski definition) is 2. The summed E-state index contributed by atoms with van der Waals surface area (Å²) in [6, 6.07) is -3.81. The molecular weight excluding hydrogens is 794 g/mol. The molecule has 0 radical (unpaired) electrons. The van der Waals surface area contributed by atoms with E-state index in [2.05, 4.69) is 15.3 Å². The van der Waals surface area contributed by atoms with Crippen LogP contribution in [0.4, 0.5) is 0 Å². The van der Waals surface area contributed by atoms with E-state index >= 15 is 0 Å². The standard InChI is InChI=1S/C30H51N5O13S4.4Li/c31-23-14-21-16(11-27(23)51(43,44)45)12-28(52(46,47)48)29(30(21)36)35-34-25-9-8-24(20-7-5-18(13-22(20)25)49(37,38)39)33-32-17-4-6-19-15(10-17)2-1-3-26(19)50(40,41)42;;;;/h15-30,36H,1-14,31H2,(H,37,38,39)(H,40,41,42)(H,43,44,45)(H,46,47,48);;;;/q;4*+1/p-4. The van der Waals surface area contributed by atoms with Gasteiger partial charge in [-0.1, -0.05) is 12.8 Å². The fourth-order valence-corrected chi connectivity index (χ4v) is 15.0. The summed E-state index contributed by atoms with van der Waals surface area (Å²) in [7, 11) is -19.0.